The zero-order valence-corrected chi connectivity index (χ0v) is 18.0. The summed E-state index contributed by atoms with van der Waals surface area (Å²) in [5, 5.41) is 14.4. The molecule has 1 saturated carbocycles. The van der Waals surface area contributed by atoms with E-state index >= 15 is 0 Å². The molecule has 4 aromatic rings. The van der Waals surface area contributed by atoms with Gasteiger partial charge in [-0.1, -0.05) is 24.3 Å². The molecule has 1 amide bonds. The summed E-state index contributed by atoms with van der Waals surface area (Å²) in [5.74, 6) is 6.66. The maximum atomic E-state index is 13.0. The Morgan fingerprint density at radius 1 is 1.21 bits per heavy atom. The Kier molecular flexibility index (Phi) is 5.32. The predicted molar refractivity (Wildman–Crippen MR) is 127 cm³/mol. The maximum Gasteiger partial charge on any atom is 0.257 e. The van der Waals surface area contributed by atoms with Crippen LogP contribution in [0.1, 0.15) is 48.0 Å². The molecule has 0 atom stereocenters. The molecule has 3 aromatic heterocycles. The summed E-state index contributed by atoms with van der Waals surface area (Å²) in [7, 11) is 0. The number of fused-ring (bicyclic) bond motifs is 1. The first-order valence-corrected chi connectivity index (χ1v) is 10.9. The third kappa shape index (κ3) is 4.31. The SMILES string of the molecule is Nc1nccc(-n2cc(C(=O)Nc3cc[nH]c3)c3ccc(C#CC4(O)CCCCC4)cc32)n1. The molecule has 0 aliphatic heterocycles. The van der Waals surface area contributed by atoms with Crippen LogP contribution < -0.4 is 11.1 Å². The Labute approximate surface area is 190 Å². The summed E-state index contributed by atoms with van der Waals surface area (Å²) in [6.45, 7) is 0. The minimum Gasteiger partial charge on any atom is -0.378 e. The number of hydrogen-bond acceptors (Lipinski definition) is 5. The van der Waals surface area contributed by atoms with E-state index < -0.39 is 5.60 Å². The lowest BCUT2D eigenvalue weighted by atomic mass is 9.85. The number of rotatable bonds is 3. The number of anilines is 2. The summed E-state index contributed by atoms with van der Waals surface area (Å²) >= 11 is 0. The number of carbonyl (C=O) groups excluding carboxylic acids is 1. The van der Waals surface area contributed by atoms with Gasteiger partial charge in [0.2, 0.25) is 5.95 Å². The molecular weight excluding hydrogens is 416 g/mol. The minimum absolute atomic E-state index is 0.142. The van der Waals surface area contributed by atoms with Crippen molar-refractivity contribution in [1.29, 1.82) is 0 Å². The number of aliphatic hydroxyl groups is 1. The standard InChI is InChI=1S/C25H24N6O2/c26-24-28-13-8-22(30-24)31-16-20(23(32)29-18-7-12-27-15-18)19-5-4-17(14-21(19)31)6-11-25(33)9-2-1-3-10-25/h4-5,7-8,12-16,27,33H,1-3,9-10H2,(H,29,32)(H2,26,28,30). The second-order valence-corrected chi connectivity index (χ2v) is 8.31. The third-order valence-corrected chi connectivity index (χ3v) is 5.93. The lowest BCUT2D eigenvalue weighted by Gasteiger charge is -2.26. The second kappa shape index (κ2) is 8.45. The van der Waals surface area contributed by atoms with Gasteiger partial charge in [-0.05, 0) is 49.9 Å². The van der Waals surface area contributed by atoms with E-state index in [1.165, 1.54) is 0 Å². The van der Waals surface area contributed by atoms with E-state index in [9.17, 15) is 9.90 Å². The highest BCUT2D eigenvalue weighted by Gasteiger charge is 2.26. The van der Waals surface area contributed by atoms with Crippen LogP contribution >= 0.6 is 0 Å². The Morgan fingerprint density at radius 2 is 2.06 bits per heavy atom. The largest absolute Gasteiger partial charge is 0.378 e. The molecule has 33 heavy (non-hydrogen) atoms. The van der Waals surface area contributed by atoms with Crippen LogP contribution in [0.4, 0.5) is 11.6 Å². The molecule has 0 radical (unpaired) electrons. The van der Waals surface area contributed by atoms with Gasteiger partial charge in [0, 0.05) is 35.7 Å². The molecule has 8 nitrogen and oxygen atoms in total. The Hall–Kier alpha value is -4.09. The van der Waals surface area contributed by atoms with Gasteiger partial charge < -0.3 is 25.7 Å². The number of amides is 1. The van der Waals surface area contributed by atoms with Gasteiger partial charge in [0.05, 0.1) is 16.8 Å². The molecule has 1 aromatic carbocycles. The van der Waals surface area contributed by atoms with Crippen LogP contribution in [-0.4, -0.2) is 36.1 Å². The fourth-order valence-electron chi connectivity index (χ4n) is 4.22. The first-order valence-electron chi connectivity index (χ1n) is 10.9. The van der Waals surface area contributed by atoms with Crippen LogP contribution in [0.2, 0.25) is 0 Å². The molecule has 5 N–H and O–H groups in total. The molecule has 0 saturated heterocycles. The van der Waals surface area contributed by atoms with Crippen molar-refractivity contribution in [3.05, 3.63) is 66.2 Å². The van der Waals surface area contributed by atoms with Crippen molar-refractivity contribution in [3.63, 3.8) is 0 Å². The van der Waals surface area contributed by atoms with Gasteiger partial charge in [0.25, 0.3) is 5.91 Å². The average Bonchev–Trinajstić information content (AvgIpc) is 3.46. The summed E-state index contributed by atoms with van der Waals surface area (Å²) < 4.78 is 1.81. The number of aromatic amines is 1. The molecular formula is C25H24N6O2. The number of nitrogen functional groups attached to an aromatic ring is 1. The van der Waals surface area contributed by atoms with Gasteiger partial charge in [-0.25, -0.2) is 4.98 Å². The number of nitrogens with two attached hydrogens (primary N) is 1. The van der Waals surface area contributed by atoms with Crippen LogP contribution in [0.3, 0.4) is 0 Å². The zero-order chi connectivity index (χ0) is 22.8. The number of hydrogen-bond donors (Lipinski definition) is 4. The van der Waals surface area contributed by atoms with Crippen molar-refractivity contribution in [3.8, 4) is 17.7 Å². The van der Waals surface area contributed by atoms with Crippen LogP contribution in [-0.2, 0) is 0 Å². The van der Waals surface area contributed by atoms with Gasteiger partial charge in [0.1, 0.15) is 11.4 Å². The predicted octanol–water partition coefficient (Wildman–Crippen LogP) is 3.63. The van der Waals surface area contributed by atoms with E-state index in [0.29, 0.717) is 29.9 Å². The van der Waals surface area contributed by atoms with Crippen molar-refractivity contribution in [2.24, 2.45) is 0 Å². The first kappa shape index (κ1) is 20.8. The molecule has 1 fully saturated rings. The Balaban J connectivity index is 1.59. The molecule has 8 heteroatoms. The van der Waals surface area contributed by atoms with Crippen LogP contribution in [0.5, 0.6) is 0 Å². The molecule has 5 rings (SSSR count). The first-order chi connectivity index (χ1) is 16.0. The fraction of sp³-hybridized carbons (Fsp3) is 0.240. The quantitative estimate of drug-likeness (QED) is 0.363. The van der Waals surface area contributed by atoms with E-state index in [1.807, 2.05) is 18.2 Å². The number of aromatic nitrogens is 4. The number of nitrogens with zero attached hydrogens (tertiary/aromatic N) is 3. The molecule has 166 valence electrons. The third-order valence-electron chi connectivity index (χ3n) is 5.93. The van der Waals surface area contributed by atoms with Gasteiger partial charge in [0.15, 0.2) is 0 Å². The van der Waals surface area contributed by atoms with Crippen molar-refractivity contribution in [2.75, 3.05) is 11.1 Å². The number of benzene rings is 1. The number of carbonyl (C=O) groups is 1. The second-order valence-electron chi connectivity index (χ2n) is 8.31. The zero-order valence-electron chi connectivity index (χ0n) is 18.0. The summed E-state index contributed by atoms with van der Waals surface area (Å²) in [6.07, 6.45) is 11.3. The van der Waals surface area contributed by atoms with Crippen LogP contribution in [0.25, 0.3) is 16.7 Å². The average molecular weight is 441 g/mol. The molecule has 3 heterocycles. The number of H-pyrrole nitrogens is 1. The number of nitrogens with one attached hydrogen (secondary N) is 2. The highest BCUT2D eigenvalue weighted by atomic mass is 16.3. The lowest BCUT2D eigenvalue weighted by molar-refractivity contribution is 0.0610. The Bertz CT molecular complexity index is 1370. The van der Waals surface area contributed by atoms with Gasteiger partial charge in [-0.2, -0.15) is 4.98 Å². The fourth-order valence-corrected chi connectivity index (χ4v) is 4.22. The molecule has 1 aliphatic carbocycles. The van der Waals surface area contributed by atoms with Gasteiger partial charge >= 0.3 is 0 Å². The highest BCUT2D eigenvalue weighted by Crippen LogP contribution is 2.29. The molecule has 0 spiro atoms. The monoisotopic (exact) mass is 440 g/mol. The van der Waals surface area contributed by atoms with Gasteiger partial charge in [-0.15, -0.1) is 0 Å². The summed E-state index contributed by atoms with van der Waals surface area (Å²) in [6, 6.07) is 9.16. The van der Waals surface area contributed by atoms with Crippen molar-refractivity contribution >= 4 is 28.4 Å². The molecule has 1 aliphatic rings. The Morgan fingerprint density at radius 3 is 2.82 bits per heavy atom. The van der Waals surface area contributed by atoms with Crippen molar-refractivity contribution in [2.45, 2.75) is 37.7 Å². The van der Waals surface area contributed by atoms with E-state index in [0.717, 1.165) is 35.7 Å². The minimum atomic E-state index is -0.933. The van der Waals surface area contributed by atoms with Crippen LogP contribution in [0, 0.1) is 11.8 Å². The smallest absolute Gasteiger partial charge is 0.257 e. The van der Waals surface area contributed by atoms with E-state index in [4.69, 9.17) is 5.73 Å². The van der Waals surface area contributed by atoms with E-state index in [-0.39, 0.29) is 11.9 Å². The highest BCUT2D eigenvalue weighted by molar-refractivity contribution is 6.13. The van der Waals surface area contributed by atoms with Crippen molar-refractivity contribution in [1.82, 2.24) is 19.5 Å². The lowest BCUT2D eigenvalue weighted by Crippen LogP contribution is -2.29. The molecule has 0 bridgehead atoms. The van der Waals surface area contributed by atoms with Gasteiger partial charge in [-0.3, -0.25) is 4.79 Å². The molecule has 0 unspecified atom stereocenters. The van der Waals surface area contributed by atoms with E-state index in [1.54, 1.807) is 41.5 Å². The van der Waals surface area contributed by atoms with E-state index in [2.05, 4.69) is 32.1 Å². The normalized spacial score (nSPS) is 15.1. The summed E-state index contributed by atoms with van der Waals surface area (Å²) in [4.78, 5) is 24.2. The van der Waals surface area contributed by atoms with Crippen molar-refractivity contribution < 1.29 is 9.90 Å². The van der Waals surface area contributed by atoms with Crippen LogP contribution in [0.15, 0.2) is 55.1 Å². The summed E-state index contributed by atoms with van der Waals surface area (Å²) in [5.41, 5.74) is 7.55. The topological polar surface area (TPSA) is 122 Å². The maximum absolute atomic E-state index is 13.0.